The Morgan fingerprint density at radius 1 is 1.12 bits per heavy atom. The van der Waals surface area contributed by atoms with E-state index in [2.05, 4.69) is 0 Å². The zero-order chi connectivity index (χ0) is 16.7. The van der Waals surface area contributed by atoms with Gasteiger partial charge in [-0.1, -0.05) is 18.2 Å². The Hall–Kier alpha value is -2.83. The lowest BCUT2D eigenvalue weighted by Crippen LogP contribution is -2.48. The van der Waals surface area contributed by atoms with Crippen LogP contribution in [-0.2, 0) is 9.47 Å². The maximum atomic E-state index is 12.7. The van der Waals surface area contributed by atoms with Crippen molar-refractivity contribution >= 4 is 23.0 Å². The van der Waals surface area contributed by atoms with Crippen LogP contribution in [0.1, 0.15) is 23.2 Å². The Bertz CT molecular complexity index is 878. The predicted molar refractivity (Wildman–Crippen MR) is 82.8 cm³/mol. The molecule has 7 nitrogen and oxygen atoms in total. The van der Waals surface area contributed by atoms with Crippen LogP contribution in [0.4, 0.5) is 4.79 Å². The van der Waals surface area contributed by atoms with Gasteiger partial charge in [0.2, 0.25) is 0 Å². The molecule has 0 unspecified atom stereocenters. The van der Waals surface area contributed by atoms with Gasteiger partial charge in [-0.05, 0) is 12.1 Å². The van der Waals surface area contributed by atoms with Crippen molar-refractivity contribution in [1.29, 1.82) is 0 Å². The van der Waals surface area contributed by atoms with Crippen molar-refractivity contribution < 1.29 is 23.5 Å². The minimum atomic E-state index is -0.662. The highest BCUT2D eigenvalue weighted by Gasteiger charge is 2.45. The van der Waals surface area contributed by atoms with Gasteiger partial charge >= 0.3 is 11.8 Å². The van der Waals surface area contributed by atoms with Crippen molar-refractivity contribution in [3.05, 3.63) is 46.3 Å². The smallest absolute Gasteiger partial charge is 0.430 e. The number of fused-ring (bicyclic) bond motifs is 1. The lowest BCUT2D eigenvalue weighted by atomic mass is 9.92. The van der Waals surface area contributed by atoms with Gasteiger partial charge in [-0.2, -0.15) is 0 Å². The molecule has 7 heteroatoms. The quantitative estimate of drug-likeness (QED) is 0.587. The molecule has 1 aromatic carbocycles. The summed E-state index contributed by atoms with van der Waals surface area (Å²) in [7, 11) is 0. The molecule has 0 N–H and O–H groups in total. The standard InChI is InChI=1S/C17H15NO6/c19-14(12-9-11-3-1-2-4-13(11)23-15(12)20)18-7-5-17(6-8-18)10-22-16(21)24-17/h1-4,9H,5-8,10H2. The van der Waals surface area contributed by atoms with Gasteiger partial charge in [0.05, 0.1) is 0 Å². The Morgan fingerprint density at radius 3 is 2.58 bits per heavy atom. The normalized spacial score (nSPS) is 19.3. The van der Waals surface area contributed by atoms with E-state index in [1.54, 1.807) is 29.2 Å². The second-order valence-electron chi connectivity index (χ2n) is 6.10. The van der Waals surface area contributed by atoms with Gasteiger partial charge in [-0.15, -0.1) is 0 Å². The van der Waals surface area contributed by atoms with Crippen molar-refractivity contribution in [3.8, 4) is 0 Å². The van der Waals surface area contributed by atoms with Crippen LogP contribution in [0, 0.1) is 0 Å². The number of para-hydroxylation sites is 1. The summed E-state index contributed by atoms with van der Waals surface area (Å²) in [6.45, 7) is 0.995. The fourth-order valence-corrected chi connectivity index (χ4v) is 3.17. The summed E-state index contributed by atoms with van der Waals surface area (Å²) < 4.78 is 15.3. The fourth-order valence-electron chi connectivity index (χ4n) is 3.17. The summed E-state index contributed by atoms with van der Waals surface area (Å²) >= 11 is 0. The Morgan fingerprint density at radius 2 is 1.88 bits per heavy atom. The van der Waals surface area contributed by atoms with Crippen LogP contribution in [0.5, 0.6) is 0 Å². The number of nitrogens with zero attached hydrogens (tertiary/aromatic N) is 1. The molecule has 0 aliphatic carbocycles. The van der Waals surface area contributed by atoms with Gasteiger partial charge in [-0.3, -0.25) is 4.79 Å². The molecule has 2 fully saturated rings. The Balaban J connectivity index is 1.56. The summed E-state index contributed by atoms with van der Waals surface area (Å²) in [6.07, 6.45) is 0.317. The lowest BCUT2D eigenvalue weighted by Gasteiger charge is -2.36. The maximum Gasteiger partial charge on any atom is 0.509 e. The number of cyclic esters (lactones) is 1. The van der Waals surface area contributed by atoms with E-state index in [4.69, 9.17) is 13.9 Å². The Labute approximate surface area is 136 Å². The lowest BCUT2D eigenvalue weighted by molar-refractivity contribution is 0.00272. The fraction of sp³-hybridized carbons (Fsp3) is 0.353. The highest BCUT2D eigenvalue weighted by atomic mass is 16.8. The molecule has 0 saturated carbocycles. The molecule has 124 valence electrons. The first-order valence-corrected chi connectivity index (χ1v) is 7.74. The monoisotopic (exact) mass is 329 g/mol. The molecule has 4 rings (SSSR count). The molecule has 2 aromatic rings. The van der Waals surface area contributed by atoms with E-state index in [9.17, 15) is 14.4 Å². The summed E-state index contributed by atoms with van der Waals surface area (Å²) in [4.78, 5) is 37.5. The molecule has 24 heavy (non-hydrogen) atoms. The molecule has 0 radical (unpaired) electrons. The van der Waals surface area contributed by atoms with Gasteiger partial charge < -0.3 is 18.8 Å². The minimum Gasteiger partial charge on any atom is -0.430 e. The zero-order valence-electron chi connectivity index (χ0n) is 12.8. The summed E-state index contributed by atoms with van der Waals surface area (Å²) in [6, 6.07) is 8.61. The number of rotatable bonds is 1. The first-order chi connectivity index (χ1) is 11.6. The number of likely N-dealkylation sites (tertiary alicyclic amines) is 1. The topological polar surface area (TPSA) is 86.0 Å². The predicted octanol–water partition coefficient (Wildman–Crippen LogP) is 1.93. The second kappa shape index (κ2) is 5.36. The van der Waals surface area contributed by atoms with Crippen LogP contribution < -0.4 is 5.63 Å². The number of hydrogen-bond donors (Lipinski definition) is 0. The van der Waals surface area contributed by atoms with E-state index in [0.29, 0.717) is 36.9 Å². The third-order valence-corrected chi connectivity index (χ3v) is 4.59. The van der Waals surface area contributed by atoms with Gasteiger partial charge in [0, 0.05) is 31.3 Å². The first kappa shape index (κ1) is 14.7. The van der Waals surface area contributed by atoms with E-state index in [1.807, 2.05) is 6.07 Å². The van der Waals surface area contributed by atoms with Gasteiger partial charge in [0.1, 0.15) is 17.8 Å². The number of carbonyl (C=O) groups excluding carboxylic acids is 2. The zero-order valence-corrected chi connectivity index (χ0v) is 12.8. The average molecular weight is 329 g/mol. The number of carbonyl (C=O) groups is 2. The van der Waals surface area contributed by atoms with E-state index < -0.39 is 17.4 Å². The SMILES string of the molecule is O=C1OCC2(CCN(C(=O)c3cc4ccccc4oc3=O)CC2)O1. The minimum absolute atomic E-state index is 0.0179. The number of benzene rings is 1. The van der Waals surface area contributed by atoms with Crippen molar-refractivity contribution in [2.24, 2.45) is 0 Å². The van der Waals surface area contributed by atoms with Crippen molar-refractivity contribution in [2.75, 3.05) is 19.7 Å². The maximum absolute atomic E-state index is 12.7. The third-order valence-electron chi connectivity index (χ3n) is 4.59. The molecule has 1 aromatic heterocycles. The molecular weight excluding hydrogens is 314 g/mol. The summed E-state index contributed by atoms with van der Waals surface area (Å²) in [5, 5.41) is 0.701. The van der Waals surface area contributed by atoms with Crippen LogP contribution in [0.2, 0.25) is 0 Å². The molecule has 2 saturated heterocycles. The van der Waals surface area contributed by atoms with Gasteiger partial charge in [-0.25, -0.2) is 9.59 Å². The van der Waals surface area contributed by atoms with Crippen molar-refractivity contribution in [3.63, 3.8) is 0 Å². The van der Waals surface area contributed by atoms with E-state index in [-0.39, 0.29) is 18.1 Å². The molecule has 1 spiro atoms. The van der Waals surface area contributed by atoms with E-state index in [0.717, 1.165) is 0 Å². The highest BCUT2D eigenvalue weighted by Crippen LogP contribution is 2.32. The van der Waals surface area contributed by atoms with Gasteiger partial charge in [0.25, 0.3) is 5.91 Å². The molecule has 2 aliphatic heterocycles. The van der Waals surface area contributed by atoms with Crippen LogP contribution >= 0.6 is 0 Å². The van der Waals surface area contributed by atoms with Crippen LogP contribution in [0.25, 0.3) is 11.0 Å². The summed E-state index contributed by atoms with van der Waals surface area (Å²) in [5.41, 5.74) is -0.812. The largest absolute Gasteiger partial charge is 0.509 e. The molecule has 0 bridgehead atoms. The highest BCUT2D eigenvalue weighted by molar-refractivity contribution is 5.96. The summed E-state index contributed by atoms with van der Waals surface area (Å²) in [5.74, 6) is -0.366. The third kappa shape index (κ3) is 2.42. The van der Waals surface area contributed by atoms with Crippen LogP contribution in [0.3, 0.4) is 0 Å². The Kier molecular flexibility index (Phi) is 3.30. The number of amides is 1. The average Bonchev–Trinajstić information content (AvgIpc) is 2.95. The van der Waals surface area contributed by atoms with Crippen LogP contribution in [0.15, 0.2) is 39.5 Å². The molecule has 0 atom stereocenters. The molecule has 2 aliphatic rings. The van der Waals surface area contributed by atoms with Crippen molar-refractivity contribution in [2.45, 2.75) is 18.4 Å². The molecule has 3 heterocycles. The van der Waals surface area contributed by atoms with E-state index in [1.165, 1.54) is 0 Å². The van der Waals surface area contributed by atoms with Gasteiger partial charge in [0.15, 0.2) is 5.60 Å². The molecule has 1 amide bonds. The van der Waals surface area contributed by atoms with E-state index >= 15 is 0 Å². The first-order valence-electron chi connectivity index (χ1n) is 7.74. The van der Waals surface area contributed by atoms with Crippen LogP contribution in [-0.4, -0.2) is 42.3 Å². The van der Waals surface area contributed by atoms with Crippen molar-refractivity contribution in [1.82, 2.24) is 4.90 Å². The second-order valence-corrected chi connectivity index (χ2v) is 6.10. The molecular formula is C17H15NO6. The number of piperidine rings is 1. The number of ether oxygens (including phenoxy) is 2. The number of hydrogen-bond acceptors (Lipinski definition) is 6.